The third-order valence-electron chi connectivity index (χ3n) is 1.15. The van der Waals surface area contributed by atoms with Crippen molar-refractivity contribution in [3.05, 3.63) is 0 Å². The zero-order chi connectivity index (χ0) is 5.11. The van der Waals surface area contributed by atoms with E-state index in [2.05, 4.69) is 16.7 Å². The Morgan fingerprint density at radius 2 is 1.75 bits per heavy atom. The van der Waals surface area contributed by atoms with Crippen LogP contribution in [0.25, 0.3) is 0 Å². The van der Waals surface area contributed by atoms with Crippen molar-refractivity contribution >= 4 is 31.3 Å². The Labute approximate surface area is 79.8 Å². The molecule has 0 N–H and O–H groups in total. The SMILES string of the molecule is C[Te+]1CCSCC1.[I-]. The fourth-order valence-corrected chi connectivity index (χ4v) is 9.09. The zero-order valence-electron chi connectivity index (χ0n) is 5.02. The van der Waals surface area contributed by atoms with E-state index in [-0.39, 0.29) is 43.5 Å². The number of hydrogen-bond donors (Lipinski definition) is 0. The van der Waals surface area contributed by atoms with Gasteiger partial charge in [0.05, 0.1) is 0 Å². The fraction of sp³-hybridized carbons (Fsp3) is 1.00. The summed E-state index contributed by atoms with van der Waals surface area (Å²) in [4.78, 5) is 2.52. The van der Waals surface area contributed by atoms with Gasteiger partial charge >= 0.3 is 56.7 Å². The minimum atomic E-state index is -0.369. The van der Waals surface area contributed by atoms with Crippen LogP contribution in [0.2, 0.25) is 13.9 Å². The van der Waals surface area contributed by atoms with Crippen LogP contribution in [0.1, 0.15) is 0 Å². The Bertz CT molecular complexity index is 54.4. The van der Waals surface area contributed by atoms with Crippen molar-refractivity contribution in [1.82, 2.24) is 0 Å². The molecule has 0 saturated carbocycles. The molecule has 0 radical (unpaired) electrons. The molecule has 0 aromatic heterocycles. The molecule has 1 heterocycles. The first-order chi connectivity index (χ1) is 3.39. The number of rotatable bonds is 0. The predicted molar refractivity (Wildman–Crippen MR) is 38.6 cm³/mol. The van der Waals surface area contributed by atoms with Gasteiger partial charge in [0.15, 0.2) is 0 Å². The van der Waals surface area contributed by atoms with Gasteiger partial charge in [-0.15, -0.1) is 0 Å². The second-order valence-electron chi connectivity index (χ2n) is 1.80. The van der Waals surface area contributed by atoms with Gasteiger partial charge in [-0.05, 0) is 0 Å². The third-order valence-corrected chi connectivity index (χ3v) is 8.90. The molecule has 0 unspecified atom stereocenters. The van der Waals surface area contributed by atoms with E-state index in [1.165, 1.54) is 11.5 Å². The van der Waals surface area contributed by atoms with Crippen molar-refractivity contribution in [1.29, 1.82) is 0 Å². The molecule has 1 rings (SSSR count). The molecule has 0 aromatic rings. The molecular weight excluding hydrogens is 347 g/mol. The molecule has 1 aliphatic rings. The number of halogens is 1. The maximum absolute atomic E-state index is 2.52. The van der Waals surface area contributed by atoms with Crippen molar-refractivity contribution in [3.63, 3.8) is 0 Å². The molecular formula is C5H11ISTe. The first kappa shape index (κ1) is 9.87. The van der Waals surface area contributed by atoms with Gasteiger partial charge in [-0.25, -0.2) is 0 Å². The van der Waals surface area contributed by atoms with Crippen LogP contribution in [0.5, 0.6) is 0 Å². The Hall–Kier alpha value is 1.87. The maximum atomic E-state index is 2.52. The van der Waals surface area contributed by atoms with Gasteiger partial charge < -0.3 is 24.0 Å². The average Bonchev–Trinajstić information content (AvgIpc) is 1.69. The Balaban J connectivity index is 0.000000490. The van der Waals surface area contributed by atoms with Crippen molar-refractivity contribution in [2.45, 2.75) is 13.9 Å². The summed E-state index contributed by atoms with van der Waals surface area (Å²) >= 11 is 1.77. The van der Waals surface area contributed by atoms with Gasteiger partial charge in [-0.1, -0.05) is 0 Å². The first-order valence-electron chi connectivity index (χ1n) is 2.56. The Morgan fingerprint density at radius 3 is 2.00 bits per heavy atom. The molecule has 0 amide bonds. The van der Waals surface area contributed by atoms with Crippen molar-refractivity contribution < 1.29 is 24.0 Å². The van der Waals surface area contributed by atoms with Crippen LogP contribution < -0.4 is 24.0 Å². The van der Waals surface area contributed by atoms with Gasteiger partial charge in [0.25, 0.3) is 0 Å². The van der Waals surface area contributed by atoms with Crippen molar-refractivity contribution in [2.75, 3.05) is 11.5 Å². The van der Waals surface area contributed by atoms with Crippen molar-refractivity contribution in [2.24, 2.45) is 0 Å². The molecule has 0 aliphatic carbocycles. The van der Waals surface area contributed by atoms with E-state index in [9.17, 15) is 0 Å². The van der Waals surface area contributed by atoms with Crippen LogP contribution in [0, 0.1) is 0 Å². The smallest absolute Gasteiger partial charge is 1.00 e. The summed E-state index contributed by atoms with van der Waals surface area (Å²) in [5.41, 5.74) is 0. The van der Waals surface area contributed by atoms with Gasteiger partial charge in [-0.2, -0.15) is 0 Å². The molecule has 1 aliphatic heterocycles. The van der Waals surface area contributed by atoms with Gasteiger partial charge in [0.2, 0.25) is 0 Å². The number of hydrogen-bond acceptors (Lipinski definition) is 1. The second-order valence-corrected chi connectivity index (χ2v) is 9.82. The Morgan fingerprint density at radius 1 is 1.25 bits per heavy atom. The van der Waals surface area contributed by atoms with E-state index in [1.54, 1.807) is 8.94 Å². The topological polar surface area (TPSA) is 0 Å². The minimum absolute atomic E-state index is 0. The summed E-state index contributed by atoms with van der Waals surface area (Å²) in [6.07, 6.45) is 0. The normalized spacial score (nSPS) is 22.1. The van der Waals surface area contributed by atoms with Crippen LogP contribution in [0.15, 0.2) is 0 Å². The van der Waals surface area contributed by atoms with Crippen LogP contribution in [0.3, 0.4) is 0 Å². The summed E-state index contributed by atoms with van der Waals surface area (Å²) in [7, 11) is 0. The summed E-state index contributed by atoms with van der Waals surface area (Å²) in [6.45, 7) is 0. The molecule has 50 valence electrons. The van der Waals surface area contributed by atoms with Gasteiger partial charge in [0.1, 0.15) is 0 Å². The molecule has 0 aromatic carbocycles. The summed E-state index contributed by atoms with van der Waals surface area (Å²) in [5, 5.41) is 0. The van der Waals surface area contributed by atoms with E-state index in [4.69, 9.17) is 0 Å². The van der Waals surface area contributed by atoms with E-state index >= 15 is 0 Å². The second kappa shape index (κ2) is 5.64. The van der Waals surface area contributed by atoms with E-state index in [0.717, 1.165) is 0 Å². The molecule has 0 bridgehead atoms. The zero-order valence-corrected chi connectivity index (χ0v) is 10.3. The van der Waals surface area contributed by atoms with Gasteiger partial charge in [0, 0.05) is 0 Å². The van der Waals surface area contributed by atoms with E-state index < -0.39 is 0 Å². The van der Waals surface area contributed by atoms with E-state index in [1.807, 2.05) is 0 Å². The van der Waals surface area contributed by atoms with Crippen molar-refractivity contribution in [3.8, 4) is 0 Å². The third kappa shape index (κ3) is 3.81. The van der Waals surface area contributed by atoms with Crippen LogP contribution in [0.4, 0.5) is 0 Å². The predicted octanol–water partition coefficient (Wildman–Crippen LogP) is -1.14. The average molecular weight is 358 g/mol. The maximum Gasteiger partial charge on any atom is -1.00 e. The van der Waals surface area contributed by atoms with Crippen LogP contribution in [-0.2, 0) is 0 Å². The monoisotopic (exact) mass is 360 g/mol. The quantitative estimate of drug-likeness (QED) is 0.390. The number of thioether (sulfide) groups is 1. The van der Waals surface area contributed by atoms with Crippen LogP contribution >= 0.6 is 11.8 Å². The Kier molecular flexibility index (Phi) is 6.96. The largest absolute Gasteiger partial charge is 1.00 e. The summed E-state index contributed by atoms with van der Waals surface area (Å²) in [5.74, 6) is 2.96. The van der Waals surface area contributed by atoms with Gasteiger partial charge in [-0.3, -0.25) is 0 Å². The fourth-order valence-electron chi connectivity index (χ4n) is 0.606. The molecule has 1 fully saturated rings. The van der Waals surface area contributed by atoms with E-state index in [0.29, 0.717) is 0 Å². The molecule has 8 heavy (non-hydrogen) atoms. The van der Waals surface area contributed by atoms with Crippen LogP contribution in [-0.4, -0.2) is 31.1 Å². The standard InChI is InChI=1S/C5H11STe.HI/c1-7-4-2-6-3-5-7;/h2-5H2,1H3;1H/q+1;/p-1. The molecule has 0 spiro atoms. The minimum Gasteiger partial charge on any atom is -1.00 e. The molecule has 0 nitrogen and oxygen atoms in total. The summed E-state index contributed by atoms with van der Waals surface area (Å²) < 4.78 is 3.24. The molecule has 0 atom stereocenters. The first-order valence-corrected chi connectivity index (χ1v) is 9.34. The molecule has 3 heteroatoms. The molecule has 1 saturated heterocycles. The summed E-state index contributed by atoms with van der Waals surface area (Å²) in [6, 6.07) is 0.